The molecule has 0 radical (unpaired) electrons. The normalized spacial score (nSPS) is 18.6. The van der Waals surface area contributed by atoms with Crippen molar-refractivity contribution in [3.8, 4) is 0 Å². The number of piperazine rings is 1. The third-order valence-corrected chi connectivity index (χ3v) is 7.65. The van der Waals surface area contributed by atoms with Crippen LogP contribution in [0.15, 0.2) is 23.1 Å². The minimum atomic E-state index is -0.123. The quantitative estimate of drug-likeness (QED) is 0.465. The average Bonchev–Trinajstić information content (AvgIpc) is 3.21. The molecule has 36 heavy (non-hydrogen) atoms. The van der Waals surface area contributed by atoms with Gasteiger partial charge in [-0.1, -0.05) is 7.43 Å². The minimum absolute atomic E-state index is 0. The van der Waals surface area contributed by atoms with Crippen LogP contribution >= 0.6 is 12.4 Å². The summed E-state index contributed by atoms with van der Waals surface area (Å²) in [7, 11) is 1.74. The molecule has 0 spiro atoms. The van der Waals surface area contributed by atoms with Crippen molar-refractivity contribution < 1.29 is 9.53 Å². The van der Waals surface area contributed by atoms with Gasteiger partial charge in [0, 0.05) is 50.3 Å². The first-order valence-corrected chi connectivity index (χ1v) is 12.5. The second-order valence-corrected chi connectivity index (χ2v) is 9.94. The fraction of sp³-hybridized carbons (Fsp3) is 0.593. The predicted molar refractivity (Wildman–Crippen MR) is 148 cm³/mol. The van der Waals surface area contributed by atoms with Gasteiger partial charge in [-0.05, 0) is 70.2 Å². The number of hydrogen-bond acceptors (Lipinski definition) is 5. The molecule has 1 saturated carbocycles. The smallest absolute Gasteiger partial charge is 0.259 e. The van der Waals surface area contributed by atoms with Gasteiger partial charge in [0.1, 0.15) is 0 Å². The Morgan fingerprint density at radius 2 is 1.97 bits per heavy atom. The number of nitrogens with one attached hydrogen (secondary N) is 1. The van der Waals surface area contributed by atoms with Crippen LogP contribution in [0.2, 0.25) is 0 Å². The number of carbonyl (C=O) groups is 1. The number of carbonyl (C=O) groups excluding carboxylic acids is 1. The second kappa shape index (κ2) is 11.8. The summed E-state index contributed by atoms with van der Waals surface area (Å²) in [5.74, 6) is 0.0688. The number of benzene rings is 1. The number of nitrogens with zero attached hydrogens (tertiary/aromatic N) is 4. The maximum Gasteiger partial charge on any atom is 0.259 e. The Hall–Kier alpha value is -2.42. The van der Waals surface area contributed by atoms with Gasteiger partial charge in [-0.15, -0.1) is 12.4 Å². The van der Waals surface area contributed by atoms with Crippen molar-refractivity contribution in [1.29, 1.82) is 0 Å². The fourth-order valence-corrected chi connectivity index (χ4v) is 5.38. The van der Waals surface area contributed by atoms with Crippen LogP contribution in [-0.4, -0.2) is 76.4 Å². The molecule has 1 atom stereocenters. The summed E-state index contributed by atoms with van der Waals surface area (Å²) in [6.07, 6.45) is 7.19. The highest BCUT2D eigenvalue weighted by atomic mass is 35.5. The molecule has 0 bridgehead atoms. The molecule has 0 unspecified atom stereocenters. The molecule has 5 rings (SSSR count). The van der Waals surface area contributed by atoms with E-state index in [1.165, 1.54) is 6.42 Å². The highest BCUT2D eigenvalue weighted by Gasteiger charge is 2.29. The highest BCUT2D eigenvalue weighted by molar-refractivity contribution is 6.07. The van der Waals surface area contributed by atoms with Crippen LogP contribution in [0.3, 0.4) is 0 Å². The van der Waals surface area contributed by atoms with Crippen LogP contribution < -0.4 is 5.56 Å². The van der Waals surface area contributed by atoms with Crippen molar-refractivity contribution in [2.24, 2.45) is 0 Å². The number of methoxy groups -OCH3 is 1. The molecule has 2 aliphatic rings. The molecule has 198 valence electrons. The number of unbranched alkanes of at least 4 members (excludes halogenated alkanes) is 1. The van der Waals surface area contributed by atoms with Crippen LogP contribution in [0.25, 0.3) is 21.8 Å². The van der Waals surface area contributed by atoms with Crippen molar-refractivity contribution in [1.82, 2.24) is 24.6 Å². The molecule has 2 aromatic heterocycles. The zero-order valence-electron chi connectivity index (χ0n) is 20.9. The van der Waals surface area contributed by atoms with Gasteiger partial charge in [-0.2, -0.15) is 5.10 Å². The summed E-state index contributed by atoms with van der Waals surface area (Å²) in [4.78, 5) is 33.8. The van der Waals surface area contributed by atoms with Crippen LogP contribution in [0, 0.1) is 6.92 Å². The lowest BCUT2D eigenvalue weighted by Crippen LogP contribution is -2.53. The molecule has 1 saturated heterocycles. The lowest BCUT2D eigenvalue weighted by Gasteiger charge is -2.40. The Morgan fingerprint density at radius 1 is 1.19 bits per heavy atom. The first-order valence-electron chi connectivity index (χ1n) is 12.5. The van der Waals surface area contributed by atoms with Gasteiger partial charge in [0.15, 0.2) is 0 Å². The van der Waals surface area contributed by atoms with E-state index >= 15 is 0 Å². The summed E-state index contributed by atoms with van der Waals surface area (Å²) in [5.41, 5.74) is 3.09. The van der Waals surface area contributed by atoms with Crippen LogP contribution in [0.1, 0.15) is 68.4 Å². The Labute approximate surface area is 219 Å². The van der Waals surface area contributed by atoms with Gasteiger partial charge >= 0.3 is 0 Å². The van der Waals surface area contributed by atoms with E-state index in [9.17, 15) is 9.59 Å². The second-order valence-electron chi connectivity index (χ2n) is 9.94. The van der Waals surface area contributed by atoms with E-state index in [4.69, 9.17) is 4.74 Å². The van der Waals surface area contributed by atoms with E-state index < -0.39 is 0 Å². The van der Waals surface area contributed by atoms with Crippen molar-refractivity contribution in [2.45, 2.75) is 65.5 Å². The molecule has 1 aromatic carbocycles. The van der Waals surface area contributed by atoms with Gasteiger partial charge in [0.25, 0.3) is 11.5 Å². The minimum Gasteiger partial charge on any atom is -0.385 e. The summed E-state index contributed by atoms with van der Waals surface area (Å²) < 4.78 is 7.16. The predicted octanol–water partition coefficient (Wildman–Crippen LogP) is 4.54. The van der Waals surface area contributed by atoms with Gasteiger partial charge in [-0.3, -0.25) is 19.2 Å². The molecular formula is C27H40ClN5O3. The van der Waals surface area contributed by atoms with Crippen LogP contribution in [0.5, 0.6) is 0 Å². The molecule has 3 aromatic rings. The van der Waals surface area contributed by atoms with E-state index in [1.807, 2.05) is 28.6 Å². The summed E-state index contributed by atoms with van der Waals surface area (Å²) in [5, 5.41) is 6.05. The van der Waals surface area contributed by atoms with E-state index in [0.717, 1.165) is 80.5 Å². The zero-order chi connectivity index (χ0) is 23.8. The first-order chi connectivity index (χ1) is 16.5. The van der Waals surface area contributed by atoms with Gasteiger partial charge in [0.2, 0.25) is 0 Å². The number of amides is 1. The van der Waals surface area contributed by atoms with Crippen molar-refractivity contribution in [3.63, 3.8) is 0 Å². The molecule has 1 aliphatic heterocycles. The van der Waals surface area contributed by atoms with Gasteiger partial charge in [-0.25, -0.2) is 0 Å². The highest BCUT2D eigenvalue weighted by Crippen LogP contribution is 2.35. The molecule has 1 aliphatic carbocycles. The number of fused-ring (bicyclic) bond motifs is 3. The Bertz CT molecular complexity index is 1270. The monoisotopic (exact) mass is 517 g/mol. The van der Waals surface area contributed by atoms with Crippen molar-refractivity contribution in [3.05, 3.63) is 39.8 Å². The van der Waals surface area contributed by atoms with E-state index in [2.05, 4.69) is 21.9 Å². The van der Waals surface area contributed by atoms with Crippen LogP contribution in [-0.2, 0) is 4.74 Å². The topological polar surface area (TPSA) is 83.5 Å². The number of halogens is 1. The van der Waals surface area contributed by atoms with Crippen LogP contribution in [0.4, 0.5) is 0 Å². The lowest BCUT2D eigenvalue weighted by molar-refractivity contribution is 0.0505. The molecule has 8 nitrogen and oxygen atoms in total. The molecule has 3 heterocycles. The standard InChI is InChI=1S/C26H35N5O3.CH4.ClH/c1-17-13-23-21(24-22(25(32)28-23)15-27-31(24)19-7-6-8-19)14-20(17)26(33)30-11-10-29(18(2)16-30)9-4-5-12-34-3;;/h13-15,18-19H,4-12,16H2,1-3H3,(H,28,32);1H4;1H/t18-;;/m0../s1. The average molecular weight is 518 g/mol. The largest absolute Gasteiger partial charge is 0.385 e. The number of aromatic amines is 1. The number of rotatable bonds is 7. The summed E-state index contributed by atoms with van der Waals surface area (Å²) >= 11 is 0. The van der Waals surface area contributed by atoms with E-state index in [0.29, 0.717) is 23.0 Å². The van der Waals surface area contributed by atoms with E-state index in [-0.39, 0.29) is 31.3 Å². The lowest BCUT2D eigenvalue weighted by atomic mass is 9.93. The number of ether oxygens (including phenoxy) is 1. The van der Waals surface area contributed by atoms with Crippen molar-refractivity contribution in [2.75, 3.05) is 39.9 Å². The number of aromatic nitrogens is 3. The SMILES string of the molecule is C.COCCCCN1CCN(C(=O)c2cc3c(cc2C)[nH]c(=O)c2cnn(C4CCC4)c23)C[C@@H]1C.Cl. The number of H-pyrrole nitrogens is 1. The Kier molecular flexibility index (Phi) is 9.19. The molecule has 1 amide bonds. The third kappa shape index (κ3) is 5.17. The molecule has 2 fully saturated rings. The van der Waals surface area contributed by atoms with Gasteiger partial charge < -0.3 is 14.6 Å². The maximum atomic E-state index is 13.6. The molecular weight excluding hydrogens is 478 g/mol. The fourth-order valence-electron chi connectivity index (χ4n) is 5.38. The zero-order valence-corrected chi connectivity index (χ0v) is 21.7. The Balaban J connectivity index is 0.00000180. The van der Waals surface area contributed by atoms with Gasteiger partial charge in [0.05, 0.1) is 28.7 Å². The third-order valence-electron chi connectivity index (χ3n) is 7.65. The van der Waals surface area contributed by atoms with E-state index in [1.54, 1.807) is 13.3 Å². The maximum absolute atomic E-state index is 13.6. The number of hydrogen-bond donors (Lipinski definition) is 1. The Morgan fingerprint density at radius 3 is 2.64 bits per heavy atom. The molecule has 9 heteroatoms. The molecule has 1 N–H and O–H groups in total. The number of pyridine rings is 1. The number of aryl methyl sites for hydroxylation is 1. The first kappa shape index (κ1) is 28.2. The van der Waals surface area contributed by atoms with Crippen molar-refractivity contribution >= 4 is 40.1 Å². The summed E-state index contributed by atoms with van der Waals surface area (Å²) in [6.45, 7) is 8.33. The summed E-state index contributed by atoms with van der Waals surface area (Å²) in [6, 6.07) is 4.57.